The number of carboxylic acid groups (broad SMARTS) is 1. The average Bonchev–Trinajstić information content (AvgIpc) is 2.39. The lowest BCUT2D eigenvalue weighted by molar-refractivity contribution is -0.142. The number of aliphatic carboxylic acids is 1. The number of urea groups is 1. The fourth-order valence-electron chi connectivity index (χ4n) is 1.29. The Morgan fingerprint density at radius 2 is 2.00 bits per heavy atom. The third-order valence-electron chi connectivity index (χ3n) is 2.46. The molecule has 0 saturated heterocycles. The van der Waals surface area contributed by atoms with Gasteiger partial charge in [-0.15, -0.1) is 0 Å². The van der Waals surface area contributed by atoms with E-state index in [1.807, 2.05) is 0 Å². The number of carboxylic acids is 1. The van der Waals surface area contributed by atoms with Gasteiger partial charge in [-0.05, 0) is 12.8 Å². The first kappa shape index (κ1) is 17.2. The molecule has 1 atom stereocenters. The molecule has 2 amide bonds. The van der Waals surface area contributed by atoms with Gasteiger partial charge in [0, 0.05) is 26.6 Å². The van der Waals surface area contributed by atoms with Crippen LogP contribution in [0.15, 0.2) is 0 Å². The van der Waals surface area contributed by atoms with Crippen molar-refractivity contribution in [3.05, 3.63) is 0 Å². The highest BCUT2D eigenvalue weighted by Gasteiger charge is 2.22. The number of carbonyl (C=O) groups excluding carboxylic acids is 2. The Balaban J connectivity index is 4.29. The lowest BCUT2D eigenvalue weighted by Gasteiger charge is -2.20. The first-order chi connectivity index (χ1) is 8.92. The summed E-state index contributed by atoms with van der Waals surface area (Å²) in [6.07, 6.45) is 0.277. The SMILES string of the molecule is COC(=O)CC[C@H](NC(=O)N(C)CCCO)C(=O)O. The van der Waals surface area contributed by atoms with Crippen LogP contribution >= 0.6 is 0 Å². The molecule has 3 N–H and O–H groups in total. The molecule has 8 nitrogen and oxygen atoms in total. The fraction of sp³-hybridized carbons (Fsp3) is 0.727. The number of aliphatic hydroxyl groups is 1. The zero-order valence-corrected chi connectivity index (χ0v) is 11.1. The van der Waals surface area contributed by atoms with Crippen molar-refractivity contribution >= 4 is 18.0 Å². The normalized spacial score (nSPS) is 11.5. The van der Waals surface area contributed by atoms with Crippen LogP contribution in [-0.4, -0.2) is 66.4 Å². The molecule has 8 heteroatoms. The molecule has 0 aromatic rings. The number of hydrogen-bond donors (Lipinski definition) is 3. The van der Waals surface area contributed by atoms with Gasteiger partial charge in [0.05, 0.1) is 7.11 Å². The van der Waals surface area contributed by atoms with Gasteiger partial charge in [0.15, 0.2) is 0 Å². The minimum absolute atomic E-state index is 0.0401. The van der Waals surface area contributed by atoms with E-state index in [1.54, 1.807) is 0 Å². The highest BCUT2D eigenvalue weighted by molar-refractivity contribution is 5.83. The maximum atomic E-state index is 11.6. The summed E-state index contributed by atoms with van der Waals surface area (Å²) < 4.78 is 4.40. The molecular formula is C11H20N2O6. The summed E-state index contributed by atoms with van der Waals surface area (Å²) in [4.78, 5) is 34.8. The van der Waals surface area contributed by atoms with Gasteiger partial charge in [-0.3, -0.25) is 4.79 Å². The van der Waals surface area contributed by atoms with Crippen LogP contribution in [0.1, 0.15) is 19.3 Å². The second-order valence-electron chi connectivity index (χ2n) is 3.95. The maximum absolute atomic E-state index is 11.6. The molecular weight excluding hydrogens is 256 g/mol. The van der Waals surface area contributed by atoms with Crippen molar-refractivity contribution in [2.45, 2.75) is 25.3 Å². The number of carbonyl (C=O) groups is 3. The summed E-state index contributed by atoms with van der Waals surface area (Å²) in [6, 6.07) is -1.71. The van der Waals surface area contributed by atoms with Gasteiger partial charge in [-0.1, -0.05) is 0 Å². The van der Waals surface area contributed by atoms with Crippen molar-refractivity contribution in [1.82, 2.24) is 10.2 Å². The Kier molecular flexibility index (Phi) is 8.27. The highest BCUT2D eigenvalue weighted by atomic mass is 16.5. The van der Waals surface area contributed by atoms with E-state index >= 15 is 0 Å². The summed E-state index contributed by atoms with van der Waals surface area (Å²) in [5, 5.41) is 19.9. The van der Waals surface area contributed by atoms with Gasteiger partial charge < -0.3 is 25.2 Å². The number of amides is 2. The summed E-state index contributed by atoms with van der Waals surface area (Å²) >= 11 is 0. The van der Waals surface area contributed by atoms with Gasteiger partial charge in [-0.25, -0.2) is 9.59 Å². The van der Waals surface area contributed by atoms with E-state index in [0.717, 1.165) is 0 Å². The van der Waals surface area contributed by atoms with E-state index in [2.05, 4.69) is 10.1 Å². The van der Waals surface area contributed by atoms with Crippen LogP contribution in [0.25, 0.3) is 0 Å². The van der Waals surface area contributed by atoms with Crippen LogP contribution in [0.5, 0.6) is 0 Å². The first-order valence-corrected chi connectivity index (χ1v) is 5.84. The Bertz CT molecular complexity index is 320. The number of hydrogen-bond acceptors (Lipinski definition) is 5. The van der Waals surface area contributed by atoms with Crippen LogP contribution in [0.3, 0.4) is 0 Å². The number of nitrogens with zero attached hydrogens (tertiary/aromatic N) is 1. The van der Waals surface area contributed by atoms with E-state index in [4.69, 9.17) is 10.2 Å². The van der Waals surface area contributed by atoms with Crippen molar-refractivity contribution in [2.75, 3.05) is 27.3 Å². The summed E-state index contributed by atoms with van der Waals surface area (Å²) in [6.45, 7) is 0.258. The molecule has 0 aromatic heterocycles. The maximum Gasteiger partial charge on any atom is 0.326 e. The van der Waals surface area contributed by atoms with Crippen LogP contribution in [-0.2, 0) is 14.3 Å². The quantitative estimate of drug-likeness (QED) is 0.511. The standard InChI is InChI=1S/C11H20N2O6/c1-13(6-3-7-14)11(18)12-8(10(16)17)4-5-9(15)19-2/h8,14H,3-7H2,1-2H3,(H,12,18)(H,16,17)/t8-/m0/s1. The lowest BCUT2D eigenvalue weighted by Crippen LogP contribution is -2.47. The second kappa shape index (κ2) is 9.15. The minimum atomic E-state index is -1.21. The molecule has 0 fully saturated rings. The molecule has 0 radical (unpaired) electrons. The van der Waals surface area contributed by atoms with E-state index in [9.17, 15) is 14.4 Å². The van der Waals surface area contributed by atoms with Crippen LogP contribution in [0.2, 0.25) is 0 Å². The molecule has 0 aliphatic rings. The first-order valence-electron chi connectivity index (χ1n) is 5.84. The molecule has 0 spiro atoms. The van der Waals surface area contributed by atoms with E-state index in [-0.39, 0.29) is 19.4 Å². The van der Waals surface area contributed by atoms with Crippen molar-refractivity contribution in [3.63, 3.8) is 0 Å². The Morgan fingerprint density at radius 3 is 2.47 bits per heavy atom. The van der Waals surface area contributed by atoms with Crippen molar-refractivity contribution in [3.8, 4) is 0 Å². The summed E-state index contributed by atoms with van der Waals surface area (Å²) in [5.41, 5.74) is 0. The number of rotatable bonds is 8. The van der Waals surface area contributed by atoms with E-state index in [0.29, 0.717) is 13.0 Å². The Hall–Kier alpha value is -1.83. The van der Waals surface area contributed by atoms with Crippen LogP contribution < -0.4 is 5.32 Å². The summed E-state index contributed by atoms with van der Waals surface area (Å²) in [5.74, 6) is -1.75. The molecule has 0 bridgehead atoms. The van der Waals surface area contributed by atoms with Gasteiger partial charge in [-0.2, -0.15) is 0 Å². The van der Waals surface area contributed by atoms with Crippen LogP contribution in [0.4, 0.5) is 4.79 Å². The zero-order valence-electron chi connectivity index (χ0n) is 11.1. The zero-order chi connectivity index (χ0) is 14.8. The highest BCUT2D eigenvalue weighted by Crippen LogP contribution is 2.01. The van der Waals surface area contributed by atoms with Crippen LogP contribution in [0, 0.1) is 0 Å². The Labute approximate surface area is 111 Å². The number of esters is 1. The van der Waals surface area contributed by atoms with Crippen molar-refractivity contribution in [1.29, 1.82) is 0 Å². The molecule has 0 aliphatic carbocycles. The fourth-order valence-corrected chi connectivity index (χ4v) is 1.29. The second-order valence-corrected chi connectivity index (χ2v) is 3.95. The Morgan fingerprint density at radius 1 is 1.37 bits per heavy atom. The molecule has 0 rings (SSSR count). The number of nitrogens with one attached hydrogen (secondary N) is 1. The third-order valence-corrected chi connectivity index (χ3v) is 2.46. The monoisotopic (exact) mass is 276 g/mol. The van der Waals surface area contributed by atoms with E-state index < -0.39 is 24.0 Å². The largest absolute Gasteiger partial charge is 0.480 e. The van der Waals surface area contributed by atoms with Gasteiger partial charge >= 0.3 is 18.0 Å². The number of methoxy groups -OCH3 is 1. The predicted octanol–water partition coefficient (Wildman–Crippen LogP) is -0.583. The van der Waals surface area contributed by atoms with Gasteiger partial charge in [0.2, 0.25) is 0 Å². The molecule has 0 unspecified atom stereocenters. The molecule has 110 valence electrons. The number of aliphatic hydroxyl groups excluding tert-OH is 1. The smallest absolute Gasteiger partial charge is 0.326 e. The topological polar surface area (TPSA) is 116 Å². The predicted molar refractivity (Wildman–Crippen MR) is 65.5 cm³/mol. The van der Waals surface area contributed by atoms with Crippen molar-refractivity contribution < 1.29 is 29.3 Å². The third kappa shape index (κ3) is 7.24. The molecule has 0 saturated carbocycles. The van der Waals surface area contributed by atoms with Crippen molar-refractivity contribution in [2.24, 2.45) is 0 Å². The average molecular weight is 276 g/mol. The summed E-state index contributed by atoms with van der Waals surface area (Å²) in [7, 11) is 2.70. The van der Waals surface area contributed by atoms with Gasteiger partial charge in [0.1, 0.15) is 6.04 Å². The molecule has 19 heavy (non-hydrogen) atoms. The molecule has 0 aromatic carbocycles. The minimum Gasteiger partial charge on any atom is -0.480 e. The number of ether oxygens (including phenoxy) is 1. The van der Waals surface area contributed by atoms with E-state index in [1.165, 1.54) is 19.1 Å². The molecule has 0 aliphatic heterocycles. The van der Waals surface area contributed by atoms with Gasteiger partial charge in [0.25, 0.3) is 0 Å². The molecule has 0 heterocycles. The lowest BCUT2D eigenvalue weighted by atomic mass is 10.1.